The third kappa shape index (κ3) is 7.83. The second-order valence-corrected chi connectivity index (χ2v) is 17.7. The lowest BCUT2D eigenvalue weighted by atomic mass is 9.74. The van der Waals surface area contributed by atoms with Gasteiger partial charge in [0, 0.05) is 23.6 Å². The maximum absolute atomic E-state index is 9.89. The number of anilines is 1. The molecule has 0 radical (unpaired) electrons. The van der Waals surface area contributed by atoms with E-state index < -0.39 is 0 Å². The number of aromatic nitrogens is 1. The number of thioether (sulfide) groups is 1. The molecule has 2 heterocycles. The van der Waals surface area contributed by atoms with Crippen LogP contribution in [0.4, 0.5) is 5.69 Å². The molecular weight excluding hydrogens is 657 g/mol. The molecule has 7 heteroatoms. The van der Waals surface area contributed by atoms with Crippen molar-refractivity contribution in [3.05, 3.63) is 115 Å². The quantitative estimate of drug-likeness (QED) is 0.193. The number of fused-ring (bicyclic) bond motifs is 2. The first-order chi connectivity index (χ1) is 23.8. The molecule has 50 heavy (non-hydrogen) atoms. The Morgan fingerprint density at radius 1 is 0.800 bits per heavy atom. The largest absolute Gasteiger partial charge is 0.392 e. The van der Waals surface area contributed by atoms with Crippen LogP contribution in [0, 0.1) is 17.8 Å². The summed E-state index contributed by atoms with van der Waals surface area (Å²) in [5.74, 6) is 0. The summed E-state index contributed by atoms with van der Waals surface area (Å²) < 4.78 is 3.46. The van der Waals surface area contributed by atoms with E-state index in [1.54, 1.807) is 11.3 Å². The number of aliphatic hydroxyl groups is 3. The Balaban J connectivity index is 1.27. The van der Waals surface area contributed by atoms with Gasteiger partial charge in [-0.3, -0.25) is 0 Å². The van der Waals surface area contributed by atoms with Gasteiger partial charge in [0.2, 0.25) is 5.52 Å². The van der Waals surface area contributed by atoms with Gasteiger partial charge in [-0.05, 0) is 126 Å². The summed E-state index contributed by atoms with van der Waals surface area (Å²) in [5.41, 5.74) is 11.8. The molecule has 3 aromatic rings. The number of rotatable bonds is 9. The van der Waals surface area contributed by atoms with Gasteiger partial charge in [-0.15, -0.1) is 0 Å². The van der Waals surface area contributed by atoms with Crippen molar-refractivity contribution < 1.29 is 19.9 Å². The van der Waals surface area contributed by atoms with Gasteiger partial charge in [0.15, 0.2) is 0 Å². The lowest BCUT2D eigenvalue weighted by molar-refractivity contribution is -0.665. The fourth-order valence-corrected chi connectivity index (χ4v) is 10.4. The fourth-order valence-electron chi connectivity index (χ4n) is 7.89. The number of aliphatic hydroxyl groups excluding tert-OH is 3. The van der Waals surface area contributed by atoms with Crippen molar-refractivity contribution in [1.29, 1.82) is 0 Å². The molecule has 1 aromatic heterocycles. The zero-order valence-corrected chi connectivity index (χ0v) is 32.4. The summed E-state index contributed by atoms with van der Waals surface area (Å²) in [6.45, 7) is 17.6. The predicted molar refractivity (Wildman–Crippen MR) is 211 cm³/mol. The van der Waals surface area contributed by atoms with Crippen LogP contribution < -0.4 is 9.47 Å². The van der Waals surface area contributed by atoms with Gasteiger partial charge >= 0.3 is 0 Å². The Morgan fingerprint density at radius 2 is 1.46 bits per heavy atom. The highest BCUT2D eigenvalue weighted by Gasteiger charge is 2.30. The van der Waals surface area contributed by atoms with Crippen LogP contribution in [0.15, 0.2) is 92.9 Å². The second kappa shape index (κ2) is 14.8. The molecule has 0 unspecified atom stereocenters. The minimum Gasteiger partial charge on any atom is -0.392 e. The standard InChI is InChI=1S/C43H53N2O3S2/c1-8-44-36-13-28(3)33(25-46)19-38(36)49-40(44)16-31-14-29(21-42(4,5)23-31)11-10-12-30-15-32(24-43(6,7)22-30)17-41-45(9-2)37-18-34(26-47)35(27-48)20-39(37)50-41/h10-20,46-48H,8-9,21-27H2,1-7H3/q+1. The summed E-state index contributed by atoms with van der Waals surface area (Å²) >= 11 is 3.57. The molecule has 3 N–H and O–H groups in total. The Hall–Kier alpha value is -3.20. The van der Waals surface area contributed by atoms with E-state index >= 15 is 0 Å². The van der Waals surface area contributed by atoms with Crippen LogP contribution >= 0.6 is 23.1 Å². The van der Waals surface area contributed by atoms with Gasteiger partial charge < -0.3 is 20.2 Å². The number of aryl methyl sites for hydroxylation is 2. The van der Waals surface area contributed by atoms with Crippen molar-refractivity contribution in [2.24, 2.45) is 10.8 Å². The maximum Gasteiger partial charge on any atom is 0.263 e. The Kier molecular flexibility index (Phi) is 10.8. The highest BCUT2D eigenvalue weighted by atomic mass is 32.2. The van der Waals surface area contributed by atoms with Crippen molar-refractivity contribution in [2.45, 2.75) is 105 Å². The van der Waals surface area contributed by atoms with Gasteiger partial charge in [0.05, 0.1) is 30.5 Å². The molecule has 0 atom stereocenters. The molecule has 0 saturated carbocycles. The molecule has 0 amide bonds. The number of hydrogen-bond donors (Lipinski definition) is 3. The summed E-state index contributed by atoms with van der Waals surface area (Å²) in [6, 6.07) is 8.45. The lowest BCUT2D eigenvalue weighted by Crippen LogP contribution is -2.33. The average Bonchev–Trinajstić information content (AvgIpc) is 3.56. The topological polar surface area (TPSA) is 67.8 Å². The van der Waals surface area contributed by atoms with Crippen LogP contribution in [-0.2, 0) is 26.4 Å². The molecule has 2 aromatic carbocycles. The number of hydrogen-bond acceptors (Lipinski definition) is 6. The van der Waals surface area contributed by atoms with Crippen molar-refractivity contribution in [1.82, 2.24) is 0 Å². The van der Waals surface area contributed by atoms with E-state index in [1.165, 1.54) is 42.9 Å². The van der Waals surface area contributed by atoms with E-state index in [0.29, 0.717) is 0 Å². The summed E-state index contributed by atoms with van der Waals surface area (Å²) in [5, 5.41) is 32.0. The third-order valence-electron chi connectivity index (χ3n) is 10.1. The Labute approximate surface area is 306 Å². The van der Waals surface area contributed by atoms with E-state index in [4.69, 9.17) is 0 Å². The molecular formula is C43H53N2O3S2+. The highest BCUT2D eigenvalue weighted by molar-refractivity contribution is 8.03. The van der Waals surface area contributed by atoms with E-state index in [9.17, 15) is 15.3 Å². The molecule has 264 valence electrons. The van der Waals surface area contributed by atoms with Crippen LogP contribution in [0.25, 0.3) is 16.3 Å². The normalized spacial score (nSPS) is 21.2. The lowest BCUT2D eigenvalue weighted by Gasteiger charge is -2.31. The Bertz CT molecular complexity index is 1990. The summed E-state index contributed by atoms with van der Waals surface area (Å²) in [4.78, 5) is 3.63. The van der Waals surface area contributed by atoms with Crippen LogP contribution in [-0.4, -0.2) is 21.9 Å². The predicted octanol–water partition coefficient (Wildman–Crippen LogP) is 9.83. The van der Waals surface area contributed by atoms with Gasteiger partial charge in [0.1, 0.15) is 11.2 Å². The highest BCUT2D eigenvalue weighted by Crippen LogP contribution is 2.49. The van der Waals surface area contributed by atoms with Crippen LogP contribution in [0.2, 0.25) is 0 Å². The van der Waals surface area contributed by atoms with E-state index in [0.717, 1.165) is 71.2 Å². The SMILES string of the molecule is CCN1C(=CC2=CC(=CC=CC3=CC(=Cc4sc5cc(CO)c(CO)cc5[n+]4CC)CC(C)(C)C3)CC(C)(C)C2)Sc2cc(CO)c(C)cc21. The molecule has 0 bridgehead atoms. The first-order valence-corrected chi connectivity index (χ1v) is 19.6. The smallest absolute Gasteiger partial charge is 0.263 e. The van der Waals surface area contributed by atoms with Crippen LogP contribution in [0.1, 0.15) is 94.5 Å². The monoisotopic (exact) mass is 709 g/mol. The maximum atomic E-state index is 9.89. The van der Waals surface area contributed by atoms with Crippen LogP contribution in [0.5, 0.6) is 0 Å². The van der Waals surface area contributed by atoms with Crippen molar-refractivity contribution in [3.63, 3.8) is 0 Å². The average molecular weight is 710 g/mol. The van der Waals surface area contributed by atoms with Gasteiger partial charge in [0.25, 0.3) is 5.01 Å². The summed E-state index contributed by atoms with van der Waals surface area (Å²) in [7, 11) is 0. The molecule has 2 aliphatic carbocycles. The molecule has 0 fully saturated rings. The van der Waals surface area contributed by atoms with Gasteiger partial charge in [-0.25, -0.2) is 0 Å². The number of nitrogens with zero attached hydrogens (tertiary/aromatic N) is 2. The Morgan fingerprint density at radius 3 is 2.14 bits per heavy atom. The molecule has 1 aliphatic heterocycles. The number of allylic oxidation sites excluding steroid dienone is 10. The molecule has 5 nitrogen and oxygen atoms in total. The molecule has 3 aliphatic rings. The first-order valence-electron chi connectivity index (χ1n) is 18.0. The van der Waals surface area contributed by atoms with Crippen LogP contribution in [0.3, 0.4) is 0 Å². The zero-order chi connectivity index (χ0) is 35.8. The minimum absolute atomic E-state index is 0.0702. The van der Waals surface area contributed by atoms with E-state index in [1.807, 2.05) is 23.9 Å². The second-order valence-electron chi connectivity index (χ2n) is 15.6. The zero-order valence-electron chi connectivity index (χ0n) is 30.8. The van der Waals surface area contributed by atoms with Crippen molar-refractivity contribution >= 4 is 45.1 Å². The molecule has 0 spiro atoms. The minimum atomic E-state index is -0.0746. The number of thiazole rings is 1. The summed E-state index contributed by atoms with van der Waals surface area (Å²) in [6.07, 6.45) is 20.5. The third-order valence-corrected chi connectivity index (χ3v) is 12.3. The van der Waals surface area contributed by atoms with Crippen molar-refractivity contribution in [2.75, 3.05) is 11.4 Å². The van der Waals surface area contributed by atoms with E-state index in [-0.39, 0.29) is 30.7 Å². The first kappa shape index (κ1) is 36.6. The fraction of sp³-hybridized carbons (Fsp3) is 0.419. The van der Waals surface area contributed by atoms with Crippen molar-refractivity contribution in [3.8, 4) is 0 Å². The van der Waals surface area contributed by atoms with Gasteiger partial charge in [-0.2, -0.15) is 4.57 Å². The number of benzene rings is 2. The molecule has 0 saturated heterocycles. The van der Waals surface area contributed by atoms with E-state index in [2.05, 4.69) is 113 Å². The molecule has 6 rings (SSSR count). The van der Waals surface area contributed by atoms with Gasteiger partial charge in [-0.1, -0.05) is 81.2 Å².